The summed E-state index contributed by atoms with van der Waals surface area (Å²) in [5, 5.41) is 3.34. The minimum Gasteiger partial charge on any atom is -0.312 e. The molecule has 0 radical (unpaired) electrons. The SMILES string of the molecule is CNC(C)(C)c1cc2c3c(c1)CC(=O)N3CCC2. The van der Waals surface area contributed by atoms with Crippen LogP contribution in [-0.2, 0) is 23.2 Å². The van der Waals surface area contributed by atoms with E-state index >= 15 is 0 Å². The molecule has 0 saturated heterocycles. The zero-order chi connectivity index (χ0) is 12.9. The number of nitrogens with one attached hydrogen (secondary N) is 1. The monoisotopic (exact) mass is 244 g/mol. The van der Waals surface area contributed by atoms with Gasteiger partial charge >= 0.3 is 0 Å². The summed E-state index contributed by atoms with van der Waals surface area (Å²) in [5.74, 6) is 0.269. The molecule has 2 aliphatic rings. The number of rotatable bonds is 2. The Hall–Kier alpha value is -1.35. The van der Waals surface area contributed by atoms with Gasteiger partial charge in [0.25, 0.3) is 0 Å². The predicted molar refractivity (Wildman–Crippen MR) is 72.9 cm³/mol. The van der Waals surface area contributed by atoms with Gasteiger partial charge in [-0.1, -0.05) is 12.1 Å². The Bertz CT molecular complexity index is 519. The molecule has 1 aromatic rings. The molecule has 0 saturated carbocycles. The fourth-order valence-corrected chi connectivity index (χ4v) is 2.98. The highest BCUT2D eigenvalue weighted by atomic mass is 16.2. The summed E-state index contributed by atoms with van der Waals surface area (Å²) < 4.78 is 0. The van der Waals surface area contributed by atoms with Crippen molar-refractivity contribution >= 4 is 11.6 Å². The summed E-state index contributed by atoms with van der Waals surface area (Å²) in [6.45, 7) is 5.26. The number of carbonyl (C=O) groups excluding carboxylic acids is 1. The highest BCUT2D eigenvalue weighted by Crippen LogP contribution is 2.39. The number of hydrogen-bond donors (Lipinski definition) is 1. The van der Waals surface area contributed by atoms with E-state index in [1.807, 2.05) is 11.9 Å². The van der Waals surface area contributed by atoms with Crippen LogP contribution in [0, 0.1) is 0 Å². The number of benzene rings is 1. The van der Waals surface area contributed by atoms with E-state index in [-0.39, 0.29) is 11.4 Å². The lowest BCUT2D eigenvalue weighted by Crippen LogP contribution is -2.34. The third-order valence-corrected chi connectivity index (χ3v) is 4.35. The topological polar surface area (TPSA) is 32.3 Å². The van der Waals surface area contributed by atoms with Crippen LogP contribution in [0.5, 0.6) is 0 Å². The van der Waals surface area contributed by atoms with Crippen LogP contribution in [-0.4, -0.2) is 19.5 Å². The van der Waals surface area contributed by atoms with Crippen LogP contribution in [0.4, 0.5) is 5.69 Å². The molecule has 3 heteroatoms. The van der Waals surface area contributed by atoms with Gasteiger partial charge in [0.05, 0.1) is 12.1 Å². The van der Waals surface area contributed by atoms with E-state index in [2.05, 4.69) is 31.3 Å². The molecule has 0 bridgehead atoms. The van der Waals surface area contributed by atoms with Gasteiger partial charge in [0.2, 0.25) is 5.91 Å². The first-order chi connectivity index (χ1) is 8.53. The molecule has 96 valence electrons. The summed E-state index contributed by atoms with van der Waals surface area (Å²) in [6, 6.07) is 4.48. The quantitative estimate of drug-likeness (QED) is 0.862. The van der Waals surface area contributed by atoms with Crippen molar-refractivity contribution in [2.45, 2.75) is 38.6 Å². The maximum Gasteiger partial charge on any atom is 0.231 e. The van der Waals surface area contributed by atoms with Gasteiger partial charge in [-0.25, -0.2) is 0 Å². The molecular formula is C15H20N2O. The van der Waals surface area contributed by atoms with Crippen molar-refractivity contribution in [3.05, 3.63) is 28.8 Å². The van der Waals surface area contributed by atoms with Crippen molar-refractivity contribution in [3.63, 3.8) is 0 Å². The molecule has 0 spiro atoms. The van der Waals surface area contributed by atoms with Crippen LogP contribution in [0.2, 0.25) is 0 Å². The largest absolute Gasteiger partial charge is 0.312 e. The number of carbonyl (C=O) groups is 1. The van der Waals surface area contributed by atoms with E-state index in [1.165, 1.54) is 22.4 Å². The molecule has 0 unspecified atom stereocenters. The average Bonchev–Trinajstić information content (AvgIpc) is 2.68. The Morgan fingerprint density at radius 2 is 2.00 bits per heavy atom. The molecule has 1 aromatic carbocycles. The molecule has 0 atom stereocenters. The van der Waals surface area contributed by atoms with Gasteiger partial charge in [0, 0.05) is 12.1 Å². The molecule has 18 heavy (non-hydrogen) atoms. The predicted octanol–water partition coefficient (Wildman–Crippen LogP) is 1.98. The summed E-state index contributed by atoms with van der Waals surface area (Å²) in [6.07, 6.45) is 2.76. The molecule has 1 N–H and O–H groups in total. The first-order valence-corrected chi connectivity index (χ1v) is 6.68. The Morgan fingerprint density at radius 3 is 2.72 bits per heavy atom. The van der Waals surface area contributed by atoms with Crippen LogP contribution in [0.3, 0.4) is 0 Å². The second-order valence-electron chi connectivity index (χ2n) is 5.84. The minimum atomic E-state index is -0.0422. The minimum absolute atomic E-state index is 0.0422. The standard InChI is InChI=1S/C15H20N2O/c1-15(2,16-3)12-7-10-5-4-6-17-13(18)9-11(8-12)14(10)17/h7-8,16H,4-6,9H2,1-3H3. The van der Waals surface area contributed by atoms with E-state index in [0.29, 0.717) is 6.42 Å². The number of nitrogens with zero attached hydrogens (tertiary/aromatic N) is 1. The van der Waals surface area contributed by atoms with Crippen LogP contribution in [0.25, 0.3) is 0 Å². The number of aryl methyl sites for hydroxylation is 1. The third kappa shape index (κ3) is 1.57. The van der Waals surface area contributed by atoms with Gasteiger partial charge < -0.3 is 10.2 Å². The van der Waals surface area contributed by atoms with E-state index in [9.17, 15) is 4.79 Å². The summed E-state index contributed by atoms with van der Waals surface area (Å²) in [4.78, 5) is 14.0. The molecular weight excluding hydrogens is 224 g/mol. The molecule has 0 aromatic heterocycles. The van der Waals surface area contributed by atoms with E-state index < -0.39 is 0 Å². The average molecular weight is 244 g/mol. The maximum absolute atomic E-state index is 12.0. The number of hydrogen-bond acceptors (Lipinski definition) is 2. The van der Waals surface area contributed by atoms with E-state index in [0.717, 1.165) is 19.4 Å². The van der Waals surface area contributed by atoms with Crippen molar-refractivity contribution in [1.29, 1.82) is 0 Å². The number of anilines is 1. The van der Waals surface area contributed by atoms with Gasteiger partial charge in [-0.05, 0) is 50.4 Å². The molecule has 3 rings (SSSR count). The second kappa shape index (κ2) is 3.82. The zero-order valence-electron chi connectivity index (χ0n) is 11.3. The van der Waals surface area contributed by atoms with Crippen molar-refractivity contribution in [1.82, 2.24) is 5.32 Å². The molecule has 2 aliphatic heterocycles. The highest BCUT2D eigenvalue weighted by Gasteiger charge is 2.33. The highest BCUT2D eigenvalue weighted by molar-refractivity contribution is 6.02. The smallest absolute Gasteiger partial charge is 0.231 e. The van der Waals surface area contributed by atoms with Crippen molar-refractivity contribution in [2.75, 3.05) is 18.5 Å². The molecule has 2 heterocycles. The Balaban J connectivity index is 2.15. The first kappa shape index (κ1) is 11.7. The van der Waals surface area contributed by atoms with E-state index in [4.69, 9.17) is 0 Å². The van der Waals surface area contributed by atoms with Crippen molar-refractivity contribution < 1.29 is 4.79 Å². The van der Waals surface area contributed by atoms with E-state index in [1.54, 1.807) is 0 Å². The Labute approximate surface area is 108 Å². The first-order valence-electron chi connectivity index (χ1n) is 6.68. The van der Waals surface area contributed by atoms with Gasteiger partial charge in [-0.15, -0.1) is 0 Å². The maximum atomic E-state index is 12.0. The summed E-state index contributed by atoms with van der Waals surface area (Å²) in [7, 11) is 1.98. The van der Waals surface area contributed by atoms with Crippen molar-refractivity contribution in [3.8, 4) is 0 Å². The second-order valence-corrected chi connectivity index (χ2v) is 5.84. The molecule has 1 amide bonds. The normalized spacial score (nSPS) is 18.2. The van der Waals surface area contributed by atoms with Gasteiger partial charge in [-0.2, -0.15) is 0 Å². The molecule has 0 fully saturated rings. The lowest BCUT2D eigenvalue weighted by atomic mass is 9.88. The van der Waals surface area contributed by atoms with Gasteiger partial charge in [0.1, 0.15) is 0 Å². The Morgan fingerprint density at radius 1 is 1.28 bits per heavy atom. The lowest BCUT2D eigenvalue weighted by Gasteiger charge is -2.30. The van der Waals surface area contributed by atoms with Crippen LogP contribution < -0.4 is 10.2 Å². The third-order valence-electron chi connectivity index (χ3n) is 4.35. The van der Waals surface area contributed by atoms with Crippen LogP contribution >= 0.6 is 0 Å². The summed E-state index contributed by atoms with van der Waals surface area (Å²) >= 11 is 0. The fraction of sp³-hybridized carbons (Fsp3) is 0.533. The van der Waals surface area contributed by atoms with Gasteiger partial charge in [-0.3, -0.25) is 4.79 Å². The fourth-order valence-electron chi connectivity index (χ4n) is 2.98. The molecule has 0 aliphatic carbocycles. The molecule has 3 nitrogen and oxygen atoms in total. The van der Waals surface area contributed by atoms with Crippen molar-refractivity contribution in [2.24, 2.45) is 0 Å². The van der Waals surface area contributed by atoms with Crippen LogP contribution in [0.15, 0.2) is 12.1 Å². The lowest BCUT2D eigenvalue weighted by molar-refractivity contribution is -0.117. The summed E-state index contributed by atoms with van der Waals surface area (Å²) in [5.41, 5.74) is 5.02. The Kier molecular flexibility index (Phi) is 2.49. The zero-order valence-corrected chi connectivity index (χ0v) is 11.3. The van der Waals surface area contributed by atoms with Gasteiger partial charge in [0.15, 0.2) is 0 Å². The van der Waals surface area contributed by atoms with Crippen LogP contribution in [0.1, 0.15) is 37.0 Å². The number of amides is 1.